The predicted molar refractivity (Wildman–Crippen MR) is 78.7 cm³/mol. The number of likely N-dealkylation sites (tertiary alicyclic amines) is 1. The molecule has 0 bridgehead atoms. The second-order valence-electron chi connectivity index (χ2n) is 5.62. The molecule has 1 N–H and O–H groups in total. The van der Waals surface area contributed by atoms with Crippen molar-refractivity contribution in [2.45, 2.75) is 18.9 Å². The minimum atomic E-state index is 0.0997. The van der Waals surface area contributed by atoms with E-state index in [2.05, 4.69) is 22.1 Å². The summed E-state index contributed by atoms with van der Waals surface area (Å²) in [5.41, 5.74) is 1.70. The molecule has 1 fully saturated rings. The lowest BCUT2D eigenvalue weighted by atomic mass is 10.0. The van der Waals surface area contributed by atoms with Crippen LogP contribution in [0.5, 0.6) is 0 Å². The van der Waals surface area contributed by atoms with Crippen molar-refractivity contribution in [3.8, 4) is 0 Å². The molecule has 2 aromatic rings. The molecule has 0 unspecified atom stereocenters. The molecule has 1 aromatic heterocycles. The summed E-state index contributed by atoms with van der Waals surface area (Å²) in [7, 11) is 4.04. The number of carbonyl (C=O) groups is 1. The van der Waals surface area contributed by atoms with Gasteiger partial charge in [-0.3, -0.25) is 9.89 Å². The highest BCUT2D eigenvalue weighted by Gasteiger charge is 2.24. The van der Waals surface area contributed by atoms with Crippen LogP contribution in [0.25, 0.3) is 10.9 Å². The molecule has 106 valence electrons. The average molecular weight is 272 g/mol. The smallest absolute Gasteiger partial charge is 0.253 e. The molecule has 0 saturated carbocycles. The summed E-state index contributed by atoms with van der Waals surface area (Å²) in [6.07, 6.45) is 3.85. The topological polar surface area (TPSA) is 52.2 Å². The molecule has 5 heteroatoms. The van der Waals surface area contributed by atoms with Crippen LogP contribution in [0.1, 0.15) is 23.2 Å². The highest BCUT2D eigenvalue weighted by molar-refractivity contribution is 5.97. The Bertz CT molecular complexity index is 613. The summed E-state index contributed by atoms with van der Waals surface area (Å²) in [4.78, 5) is 16.8. The first-order valence-electron chi connectivity index (χ1n) is 7.04. The second kappa shape index (κ2) is 5.25. The fourth-order valence-corrected chi connectivity index (χ4v) is 2.83. The van der Waals surface area contributed by atoms with Crippen molar-refractivity contribution in [3.63, 3.8) is 0 Å². The van der Waals surface area contributed by atoms with E-state index in [1.54, 1.807) is 6.20 Å². The zero-order chi connectivity index (χ0) is 14.1. The van der Waals surface area contributed by atoms with Crippen LogP contribution in [0.3, 0.4) is 0 Å². The van der Waals surface area contributed by atoms with E-state index in [-0.39, 0.29) is 5.91 Å². The number of hydrogen-bond donors (Lipinski definition) is 1. The van der Waals surface area contributed by atoms with Crippen LogP contribution in [0.4, 0.5) is 0 Å². The average Bonchev–Trinajstić information content (AvgIpc) is 2.94. The summed E-state index contributed by atoms with van der Waals surface area (Å²) in [5.74, 6) is 0.0997. The molecular weight excluding hydrogens is 252 g/mol. The largest absolute Gasteiger partial charge is 0.339 e. The Hall–Kier alpha value is -1.88. The number of aromatic nitrogens is 2. The lowest BCUT2D eigenvalue weighted by molar-refractivity contribution is 0.0660. The summed E-state index contributed by atoms with van der Waals surface area (Å²) in [5, 5.41) is 7.87. The molecule has 0 radical (unpaired) electrons. The number of carbonyl (C=O) groups excluding carboxylic acids is 1. The van der Waals surface area contributed by atoms with E-state index < -0.39 is 0 Å². The van der Waals surface area contributed by atoms with Gasteiger partial charge < -0.3 is 9.80 Å². The molecule has 1 saturated heterocycles. The Kier molecular flexibility index (Phi) is 3.44. The number of aromatic amines is 1. The maximum absolute atomic E-state index is 12.6. The van der Waals surface area contributed by atoms with E-state index in [1.165, 1.54) is 0 Å². The third-order valence-corrected chi connectivity index (χ3v) is 4.24. The Morgan fingerprint density at radius 2 is 2.15 bits per heavy atom. The summed E-state index contributed by atoms with van der Waals surface area (Å²) < 4.78 is 0. The van der Waals surface area contributed by atoms with Gasteiger partial charge >= 0.3 is 0 Å². The predicted octanol–water partition coefficient (Wildman–Crippen LogP) is 1.73. The maximum atomic E-state index is 12.6. The number of nitrogens with one attached hydrogen (secondary N) is 1. The monoisotopic (exact) mass is 272 g/mol. The van der Waals surface area contributed by atoms with Crippen molar-refractivity contribution < 1.29 is 4.79 Å². The highest BCUT2D eigenvalue weighted by atomic mass is 16.2. The number of nitrogens with zero attached hydrogens (tertiary/aromatic N) is 3. The van der Waals surface area contributed by atoms with E-state index in [9.17, 15) is 4.79 Å². The van der Waals surface area contributed by atoms with Crippen LogP contribution in [-0.4, -0.2) is 59.1 Å². The molecule has 0 spiro atoms. The van der Waals surface area contributed by atoms with Gasteiger partial charge in [-0.2, -0.15) is 5.10 Å². The van der Waals surface area contributed by atoms with Crippen molar-refractivity contribution in [2.24, 2.45) is 0 Å². The van der Waals surface area contributed by atoms with Crippen molar-refractivity contribution in [1.82, 2.24) is 20.0 Å². The molecule has 1 aliphatic rings. The first-order chi connectivity index (χ1) is 9.65. The lowest BCUT2D eigenvalue weighted by Gasteiger charge is -2.35. The Morgan fingerprint density at radius 1 is 1.40 bits per heavy atom. The third-order valence-electron chi connectivity index (χ3n) is 4.24. The van der Waals surface area contributed by atoms with Gasteiger partial charge in [0.15, 0.2) is 0 Å². The molecule has 0 atom stereocenters. The van der Waals surface area contributed by atoms with Crippen molar-refractivity contribution in [1.29, 1.82) is 0 Å². The Morgan fingerprint density at radius 3 is 2.90 bits per heavy atom. The van der Waals surface area contributed by atoms with Crippen molar-refractivity contribution in [3.05, 3.63) is 30.0 Å². The minimum absolute atomic E-state index is 0.0997. The zero-order valence-electron chi connectivity index (χ0n) is 12.0. The van der Waals surface area contributed by atoms with E-state index in [4.69, 9.17) is 0 Å². The number of rotatable bonds is 2. The normalized spacial score (nSPS) is 17.5. The molecule has 2 heterocycles. The van der Waals surface area contributed by atoms with Crippen molar-refractivity contribution >= 4 is 16.8 Å². The minimum Gasteiger partial charge on any atom is -0.339 e. The van der Waals surface area contributed by atoms with Crippen LogP contribution < -0.4 is 0 Å². The maximum Gasteiger partial charge on any atom is 0.253 e. The van der Waals surface area contributed by atoms with E-state index in [1.807, 2.05) is 30.1 Å². The van der Waals surface area contributed by atoms with Crippen LogP contribution in [0.15, 0.2) is 24.4 Å². The van der Waals surface area contributed by atoms with Gasteiger partial charge in [0, 0.05) is 24.0 Å². The van der Waals surface area contributed by atoms with Gasteiger partial charge in [0.25, 0.3) is 5.91 Å². The van der Waals surface area contributed by atoms with Crippen LogP contribution in [0.2, 0.25) is 0 Å². The molecule has 1 aliphatic heterocycles. The van der Waals surface area contributed by atoms with Crippen molar-refractivity contribution in [2.75, 3.05) is 27.2 Å². The van der Waals surface area contributed by atoms with Gasteiger partial charge in [0.1, 0.15) is 0 Å². The second-order valence-corrected chi connectivity index (χ2v) is 5.62. The van der Waals surface area contributed by atoms with Gasteiger partial charge in [-0.1, -0.05) is 0 Å². The molecule has 1 aromatic carbocycles. The molecule has 5 nitrogen and oxygen atoms in total. The SMILES string of the molecule is CN1CCC(N(C)C(=O)c2ccc3[nH]ncc3c2)CC1. The van der Waals surface area contributed by atoms with Gasteiger partial charge in [0.2, 0.25) is 0 Å². The number of hydrogen-bond acceptors (Lipinski definition) is 3. The van der Waals surface area contributed by atoms with Crippen LogP contribution in [-0.2, 0) is 0 Å². The number of amides is 1. The summed E-state index contributed by atoms with van der Waals surface area (Å²) in [6, 6.07) is 6.04. The summed E-state index contributed by atoms with van der Waals surface area (Å²) in [6.45, 7) is 2.12. The Balaban J connectivity index is 1.77. The molecule has 3 rings (SSSR count). The van der Waals surface area contributed by atoms with E-state index in [0.717, 1.165) is 42.4 Å². The van der Waals surface area contributed by atoms with Crippen LogP contribution >= 0.6 is 0 Å². The van der Waals surface area contributed by atoms with Gasteiger partial charge in [-0.15, -0.1) is 0 Å². The molecule has 20 heavy (non-hydrogen) atoms. The summed E-state index contributed by atoms with van der Waals surface area (Å²) >= 11 is 0. The standard InChI is InChI=1S/C15H20N4O/c1-18-7-5-13(6-8-18)19(2)15(20)11-3-4-14-12(9-11)10-16-17-14/h3-4,9-10,13H,5-8H2,1-2H3,(H,16,17). The van der Waals surface area contributed by atoms with Gasteiger partial charge in [-0.25, -0.2) is 0 Å². The fourth-order valence-electron chi connectivity index (χ4n) is 2.83. The van der Waals surface area contributed by atoms with E-state index >= 15 is 0 Å². The lowest BCUT2D eigenvalue weighted by Crippen LogP contribution is -2.44. The zero-order valence-corrected chi connectivity index (χ0v) is 12.0. The quantitative estimate of drug-likeness (QED) is 0.906. The van der Waals surface area contributed by atoms with E-state index in [0.29, 0.717) is 6.04 Å². The number of benzene rings is 1. The van der Waals surface area contributed by atoms with Gasteiger partial charge in [0.05, 0.1) is 11.7 Å². The van der Waals surface area contributed by atoms with Gasteiger partial charge in [-0.05, 0) is 51.2 Å². The fraction of sp³-hybridized carbons (Fsp3) is 0.467. The molecule has 1 amide bonds. The molecular formula is C15H20N4O. The number of fused-ring (bicyclic) bond motifs is 1. The number of H-pyrrole nitrogens is 1. The third kappa shape index (κ3) is 2.41. The first kappa shape index (κ1) is 13.1. The molecule has 0 aliphatic carbocycles. The number of piperidine rings is 1. The first-order valence-corrected chi connectivity index (χ1v) is 7.04. The highest BCUT2D eigenvalue weighted by Crippen LogP contribution is 2.19. The van der Waals surface area contributed by atoms with Crippen LogP contribution in [0, 0.1) is 0 Å². The Labute approximate surface area is 118 Å².